The highest BCUT2D eigenvalue weighted by Crippen LogP contribution is 2.16. The van der Waals surface area contributed by atoms with Gasteiger partial charge in [-0.1, -0.05) is 19.1 Å². The maximum Gasteiger partial charge on any atom is 0.253 e. The average Bonchev–Trinajstić information content (AvgIpc) is 2.73. The third kappa shape index (κ3) is 6.64. The number of carbonyl (C=O) groups is 3. The first kappa shape index (κ1) is 21.9. The summed E-state index contributed by atoms with van der Waals surface area (Å²) >= 11 is 0. The van der Waals surface area contributed by atoms with Crippen molar-refractivity contribution in [3.05, 3.63) is 54.1 Å². The van der Waals surface area contributed by atoms with E-state index in [1.165, 1.54) is 0 Å². The van der Waals surface area contributed by atoms with Crippen LogP contribution in [0.1, 0.15) is 37.6 Å². The van der Waals surface area contributed by atoms with Crippen LogP contribution in [0.4, 0.5) is 17.1 Å². The van der Waals surface area contributed by atoms with Crippen molar-refractivity contribution in [3.8, 4) is 0 Å². The Hall–Kier alpha value is -3.35. The number of nitrogens with zero attached hydrogens (tertiary/aromatic N) is 1. The first-order chi connectivity index (χ1) is 14.0. The van der Waals surface area contributed by atoms with Crippen LogP contribution in [0.2, 0.25) is 0 Å². The molecular weight excluding hydrogens is 368 g/mol. The van der Waals surface area contributed by atoms with E-state index in [9.17, 15) is 14.4 Å². The van der Waals surface area contributed by atoms with Gasteiger partial charge in [0, 0.05) is 42.1 Å². The fraction of sp³-hybridized carbons (Fsp3) is 0.318. The molecule has 29 heavy (non-hydrogen) atoms. The van der Waals surface area contributed by atoms with E-state index in [-0.39, 0.29) is 24.3 Å². The molecule has 2 rings (SSSR count). The Morgan fingerprint density at radius 1 is 0.793 bits per heavy atom. The van der Waals surface area contributed by atoms with Gasteiger partial charge in [0.1, 0.15) is 0 Å². The van der Waals surface area contributed by atoms with Gasteiger partial charge in [0.2, 0.25) is 11.8 Å². The van der Waals surface area contributed by atoms with Crippen LogP contribution in [-0.2, 0) is 9.59 Å². The van der Waals surface area contributed by atoms with E-state index in [1.807, 2.05) is 19.9 Å². The number of nitrogens with one attached hydrogen (secondary N) is 3. The molecule has 0 bridgehead atoms. The lowest BCUT2D eigenvalue weighted by Gasteiger charge is -2.19. The highest BCUT2D eigenvalue weighted by Gasteiger charge is 2.13. The molecule has 0 fully saturated rings. The Bertz CT molecular complexity index is 863. The van der Waals surface area contributed by atoms with Gasteiger partial charge in [0.15, 0.2) is 0 Å². The summed E-state index contributed by atoms with van der Waals surface area (Å²) in [5.41, 5.74) is 2.50. The molecule has 2 aromatic carbocycles. The Morgan fingerprint density at radius 3 is 2.03 bits per heavy atom. The molecule has 2 aromatic rings. The summed E-state index contributed by atoms with van der Waals surface area (Å²) in [7, 11) is 0. The average molecular weight is 396 g/mol. The Kier molecular flexibility index (Phi) is 8.21. The zero-order chi connectivity index (χ0) is 21.2. The van der Waals surface area contributed by atoms with Gasteiger partial charge in [-0.05, 0) is 50.2 Å². The lowest BCUT2D eigenvalue weighted by molar-refractivity contribution is -0.116. The zero-order valence-corrected chi connectivity index (χ0v) is 17.1. The van der Waals surface area contributed by atoms with Crippen LogP contribution in [0.25, 0.3) is 0 Å². The second-order valence-corrected chi connectivity index (χ2v) is 6.44. The number of carbonyl (C=O) groups excluding carboxylic acids is 3. The van der Waals surface area contributed by atoms with Gasteiger partial charge in [0.25, 0.3) is 5.91 Å². The minimum atomic E-state index is -0.236. The van der Waals surface area contributed by atoms with E-state index in [1.54, 1.807) is 54.3 Å². The lowest BCUT2D eigenvalue weighted by Crippen LogP contribution is -2.30. The van der Waals surface area contributed by atoms with Crippen molar-refractivity contribution in [3.63, 3.8) is 0 Å². The highest BCUT2D eigenvalue weighted by atomic mass is 16.2. The third-order valence-electron chi connectivity index (χ3n) is 4.36. The molecule has 0 radical (unpaired) electrons. The molecule has 7 heteroatoms. The molecule has 3 N–H and O–H groups in total. The predicted octanol–water partition coefficient (Wildman–Crippen LogP) is 3.57. The van der Waals surface area contributed by atoms with Crippen LogP contribution >= 0.6 is 0 Å². The number of rotatable bonds is 9. The van der Waals surface area contributed by atoms with Crippen LogP contribution in [0.5, 0.6) is 0 Å². The molecule has 7 nitrogen and oxygen atoms in total. The van der Waals surface area contributed by atoms with Gasteiger partial charge in [-0.3, -0.25) is 14.4 Å². The molecule has 0 heterocycles. The Balaban J connectivity index is 1.95. The molecule has 0 aliphatic heterocycles. The van der Waals surface area contributed by atoms with Gasteiger partial charge in [-0.15, -0.1) is 0 Å². The third-order valence-corrected chi connectivity index (χ3v) is 4.36. The van der Waals surface area contributed by atoms with Gasteiger partial charge in [0.05, 0.1) is 6.54 Å². The molecule has 0 atom stereocenters. The second kappa shape index (κ2) is 10.8. The zero-order valence-electron chi connectivity index (χ0n) is 17.1. The first-order valence-corrected chi connectivity index (χ1v) is 9.79. The van der Waals surface area contributed by atoms with Gasteiger partial charge >= 0.3 is 0 Å². The topological polar surface area (TPSA) is 90.5 Å². The summed E-state index contributed by atoms with van der Waals surface area (Å²) in [4.78, 5) is 38.0. The maximum absolute atomic E-state index is 12.5. The van der Waals surface area contributed by atoms with Crippen LogP contribution in [-0.4, -0.2) is 42.3 Å². The van der Waals surface area contributed by atoms with Crippen molar-refractivity contribution in [1.82, 2.24) is 4.90 Å². The minimum Gasteiger partial charge on any atom is -0.376 e. The summed E-state index contributed by atoms with van der Waals surface area (Å²) in [6.45, 7) is 6.97. The lowest BCUT2D eigenvalue weighted by atomic mass is 10.1. The summed E-state index contributed by atoms with van der Waals surface area (Å²) in [5.74, 6) is -0.366. The maximum atomic E-state index is 12.5. The largest absolute Gasteiger partial charge is 0.376 e. The summed E-state index contributed by atoms with van der Waals surface area (Å²) in [6, 6.07) is 14.1. The van der Waals surface area contributed by atoms with Crippen molar-refractivity contribution >= 4 is 34.8 Å². The standard InChI is InChI=1S/C22H28N4O3/c1-4-20(27)24-19-12-8-10-17(14-19)23-15-21(28)25-18-11-7-9-16(13-18)22(29)26(5-2)6-3/h7-14,23H,4-6,15H2,1-3H3,(H,24,27)(H,25,28). The normalized spacial score (nSPS) is 10.2. The highest BCUT2D eigenvalue weighted by molar-refractivity contribution is 5.98. The van der Waals surface area contributed by atoms with Crippen LogP contribution < -0.4 is 16.0 Å². The predicted molar refractivity (Wildman–Crippen MR) is 116 cm³/mol. The summed E-state index contributed by atoms with van der Waals surface area (Å²) < 4.78 is 0. The van der Waals surface area contributed by atoms with E-state index in [4.69, 9.17) is 0 Å². The smallest absolute Gasteiger partial charge is 0.253 e. The molecule has 0 aromatic heterocycles. The number of anilines is 3. The molecule has 0 unspecified atom stereocenters. The Morgan fingerprint density at radius 2 is 1.38 bits per heavy atom. The van der Waals surface area contributed by atoms with Crippen molar-refractivity contribution in [2.75, 3.05) is 35.6 Å². The second-order valence-electron chi connectivity index (χ2n) is 6.44. The van der Waals surface area contributed by atoms with Crippen LogP contribution in [0.3, 0.4) is 0 Å². The van der Waals surface area contributed by atoms with Crippen molar-refractivity contribution < 1.29 is 14.4 Å². The van der Waals surface area contributed by atoms with Crippen molar-refractivity contribution in [2.45, 2.75) is 27.2 Å². The van der Waals surface area contributed by atoms with Crippen molar-refractivity contribution in [1.29, 1.82) is 0 Å². The fourth-order valence-corrected chi connectivity index (χ4v) is 2.77. The van der Waals surface area contributed by atoms with E-state index >= 15 is 0 Å². The van der Waals surface area contributed by atoms with Crippen LogP contribution in [0, 0.1) is 0 Å². The van der Waals surface area contributed by atoms with E-state index in [0.29, 0.717) is 36.4 Å². The summed E-state index contributed by atoms with van der Waals surface area (Å²) in [5, 5.41) is 8.61. The monoisotopic (exact) mass is 396 g/mol. The van der Waals surface area contributed by atoms with Crippen molar-refractivity contribution in [2.24, 2.45) is 0 Å². The van der Waals surface area contributed by atoms with Gasteiger partial charge in [-0.2, -0.15) is 0 Å². The molecule has 0 saturated heterocycles. The Labute approximate surface area is 171 Å². The number of amides is 3. The molecule has 0 spiro atoms. The molecule has 3 amide bonds. The minimum absolute atomic E-state index is 0.0550. The molecule has 0 aliphatic carbocycles. The van der Waals surface area contributed by atoms with Crippen LogP contribution in [0.15, 0.2) is 48.5 Å². The van der Waals surface area contributed by atoms with E-state index in [2.05, 4.69) is 16.0 Å². The SMILES string of the molecule is CCC(=O)Nc1cccc(NCC(=O)Nc2cccc(C(=O)N(CC)CC)c2)c1. The van der Waals surface area contributed by atoms with E-state index < -0.39 is 0 Å². The first-order valence-electron chi connectivity index (χ1n) is 9.79. The van der Waals surface area contributed by atoms with E-state index in [0.717, 1.165) is 5.69 Å². The summed E-state index contributed by atoms with van der Waals surface area (Å²) in [6.07, 6.45) is 0.399. The molecule has 154 valence electrons. The fourth-order valence-electron chi connectivity index (χ4n) is 2.77. The number of benzene rings is 2. The number of hydrogen-bond donors (Lipinski definition) is 3. The molecule has 0 saturated carbocycles. The molecular formula is C22H28N4O3. The number of hydrogen-bond acceptors (Lipinski definition) is 4. The van der Waals surface area contributed by atoms with Gasteiger partial charge in [-0.25, -0.2) is 0 Å². The molecule has 0 aliphatic rings. The quantitative estimate of drug-likeness (QED) is 0.604. The van der Waals surface area contributed by atoms with Gasteiger partial charge < -0.3 is 20.9 Å².